The van der Waals surface area contributed by atoms with Gasteiger partial charge in [-0.3, -0.25) is 9.59 Å². The zero-order valence-electron chi connectivity index (χ0n) is 9.69. The summed E-state index contributed by atoms with van der Waals surface area (Å²) in [5, 5.41) is 8.23. The van der Waals surface area contributed by atoms with Crippen molar-refractivity contribution in [2.24, 2.45) is 5.92 Å². The maximum Gasteiger partial charge on any atom is 0.308 e. The summed E-state index contributed by atoms with van der Waals surface area (Å²) in [5.74, 6) is -0.984. The minimum Gasteiger partial charge on any atom is -0.466 e. The molecule has 5 heteroatoms. The van der Waals surface area contributed by atoms with Crippen molar-refractivity contribution in [1.29, 1.82) is 5.26 Å². The maximum atomic E-state index is 11.2. The molecule has 0 bridgehead atoms. The highest BCUT2D eigenvalue weighted by molar-refractivity contribution is 5.74. The third-order valence-corrected chi connectivity index (χ3v) is 1.95. The summed E-state index contributed by atoms with van der Waals surface area (Å²) in [7, 11) is 0. The van der Waals surface area contributed by atoms with Crippen molar-refractivity contribution in [2.45, 2.75) is 33.1 Å². The van der Waals surface area contributed by atoms with E-state index in [0.717, 1.165) is 0 Å². The van der Waals surface area contributed by atoms with E-state index in [1.54, 1.807) is 13.8 Å². The van der Waals surface area contributed by atoms with E-state index in [1.807, 2.05) is 6.07 Å². The van der Waals surface area contributed by atoms with Crippen LogP contribution in [0.5, 0.6) is 0 Å². The fourth-order valence-corrected chi connectivity index (χ4v) is 1.02. The third-order valence-electron chi connectivity index (χ3n) is 1.95. The van der Waals surface area contributed by atoms with Gasteiger partial charge in [0.25, 0.3) is 0 Å². The lowest BCUT2D eigenvalue weighted by atomic mass is 10.1. The second-order valence-corrected chi connectivity index (χ2v) is 3.32. The fourth-order valence-electron chi connectivity index (χ4n) is 1.02. The van der Waals surface area contributed by atoms with Crippen molar-refractivity contribution in [3.05, 3.63) is 0 Å². The van der Waals surface area contributed by atoms with Crippen molar-refractivity contribution in [2.75, 3.05) is 13.2 Å². The van der Waals surface area contributed by atoms with Gasteiger partial charge < -0.3 is 9.47 Å². The van der Waals surface area contributed by atoms with E-state index in [0.29, 0.717) is 13.0 Å². The quantitative estimate of drug-likeness (QED) is 0.485. The summed E-state index contributed by atoms with van der Waals surface area (Å²) in [5.41, 5.74) is 0. The van der Waals surface area contributed by atoms with Gasteiger partial charge in [-0.25, -0.2) is 0 Å². The molecule has 0 radical (unpaired) electrons. The number of ether oxygens (including phenoxy) is 2. The Bertz CT molecular complexity index is 270. The molecule has 0 N–H and O–H groups in total. The van der Waals surface area contributed by atoms with Crippen LogP contribution < -0.4 is 0 Å². The topological polar surface area (TPSA) is 76.4 Å². The number of nitrogens with zero attached hydrogens (tertiary/aromatic N) is 1. The first kappa shape index (κ1) is 14.4. The smallest absolute Gasteiger partial charge is 0.308 e. The van der Waals surface area contributed by atoms with Crippen LogP contribution >= 0.6 is 0 Å². The van der Waals surface area contributed by atoms with E-state index in [9.17, 15) is 9.59 Å². The minimum atomic E-state index is -0.383. The number of hydrogen-bond donors (Lipinski definition) is 0. The number of rotatable bonds is 7. The predicted molar refractivity (Wildman–Crippen MR) is 56.2 cm³/mol. The SMILES string of the molecule is CCOC(=O)C(C)CCC(=O)OCCC#N. The van der Waals surface area contributed by atoms with Gasteiger partial charge in [0.15, 0.2) is 0 Å². The summed E-state index contributed by atoms with van der Waals surface area (Å²) >= 11 is 0. The number of carbonyl (C=O) groups excluding carboxylic acids is 2. The van der Waals surface area contributed by atoms with Crippen molar-refractivity contribution in [3.8, 4) is 6.07 Å². The van der Waals surface area contributed by atoms with Crippen LogP contribution in [0.25, 0.3) is 0 Å². The lowest BCUT2D eigenvalue weighted by Gasteiger charge is -2.09. The minimum absolute atomic E-state index is 0.114. The lowest BCUT2D eigenvalue weighted by molar-refractivity contribution is -0.148. The first-order chi connectivity index (χ1) is 7.61. The molecular weight excluding hydrogens is 210 g/mol. The first-order valence-electron chi connectivity index (χ1n) is 5.31. The van der Waals surface area contributed by atoms with Crippen LogP contribution in [0.1, 0.15) is 33.1 Å². The molecule has 0 aromatic heterocycles. The van der Waals surface area contributed by atoms with Crippen molar-refractivity contribution in [1.82, 2.24) is 0 Å². The molecule has 0 rings (SSSR count). The lowest BCUT2D eigenvalue weighted by Crippen LogP contribution is -2.16. The molecule has 5 nitrogen and oxygen atoms in total. The average Bonchev–Trinajstić information content (AvgIpc) is 2.26. The molecule has 0 saturated heterocycles. The van der Waals surface area contributed by atoms with E-state index in [-0.39, 0.29) is 37.3 Å². The van der Waals surface area contributed by atoms with Gasteiger partial charge in [-0.15, -0.1) is 0 Å². The van der Waals surface area contributed by atoms with E-state index in [4.69, 9.17) is 14.7 Å². The van der Waals surface area contributed by atoms with Gasteiger partial charge in [-0.05, 0) is 13.3 Å². The largest absolute Gasteiger partial charge is 0.466 e. The van der Waals surface area contributed by atoms with Crippen molar-refractivity contribution >= 4 is 11.9 Å². The Morgan fingerprint density at radius 1 is 1.38 bits per heavy atom. The zero-order valence-corrected chi connectivity index (χ0v) is 9.69. The predicted octanol–water partition coefficient (Wildman–Crippen LogP) is 1.42. The van der Waals surface area contributed by atoms with Crippen LogP contribution in [0, 0.1) is 17.2 Å². The molecular formula is C11H17NO4. The van der Waals surface area contributed by atoms with Crippen LogP contribution in [0.15, 0.2) is 0 Å². The Hall–Kier alpha value is -1.57. The fraction of sp³-hybridized carbons (Fsp3) is 0.727. The Labute approximate surface area is 95.3 Å². The van der Waals surface area contributed by atoms with Gasteiger partial charge in [0, 0.05) is 6.42 Å². The zero-order chi connectivity index (χ0) is 12.4. The summed E-state index contributed by atoms with van der Waals surface area (Å²) in [4.78, 5) is 22.3. The molecule has 0 heterocycles. The molecule has 1 unspecified atom stereocenters. The summed E-state index contributed by atoms with van der Waals surface area (Å²) in [6, 6.07) is 1.87. The van der Waals surface area contributed by atoms with Crippen molar-refractivity contribution in [3.63, 3.8) is 0 Å². The highest BCUT2D eigenvalue weighted by Crippen LogP contribution is 2.08. The number of esters is 2. The van der Waals surface area contributed by atoms with Crippen molar-refractivity contribution < 1.29 is 19.1 Å². The molecule has 0 saturated carbocycles. The standard InChI is InChI=1S/C11H17NO4/c1-3-15-11(14)9(2)5-6-10(13)16-8-4-7-12/h9H,3-6,8H2,1-2H3. The molecule has 0 spiro atoms. The van der Waals surface area contributed by atoms with Gasteiger partial charge in [-0.2, -0.15) is 5.26 Å². The average molecular weight is 227 g/mol. The second kappa shape index (κ2) is 8.72. The molecule has 0 aromatic carbocycles. The van der Waals surface area contributed by atoms with Crippen LogP contribution in [0.3, 0.4) is 0 Å². The molecule has 0 fully saturated rings. The van der Waals surface area contributed by atoms with E-state index < -0.39 is 0 Å². The number of carbonyl (C=O) groups is 2. The Morgan fingerprint density at radius 2 is 2.06 bits per heavy atom. The molecule has 0 aliphatic carbocycles. The van der Waals surface area contributed by atoms with Crippen LogP contribution in [-0.2, 0) is 19.1 Å². The van der Waals surface area contributed by atoms with E-state index >= 15 is 0 Å². The highest BCUT2D eigenvalue weighted by atomic mass is 16.5. The third kappa shape index (κ3) is 6.82. The van der Waals surface area contributed by atoms with Gasteiger partial charge in [0.2, 0.25) is 0 Å². The monoisotopic (exact) mass is 227 g/mol. The van der Waals surface area contributed by atoms with Crippen LogP contribution in [0.4, 0.5) is 0 Å². The molecule has 0 amide bonds. The molecule has 0 aliphatic heterocycles. The second-order valence-electron chi connectivity index (χ2n) is 3.32. The Morgan fingerprint density at radius 3 is 2.62 bits per heavy atom. The van der Waals surface area contributed by atoms with Crippen LogP contribution in [0.2, 0.25) is 0 Å². The Balaban J connectivity index is 3.67. The van der Waals surface area contributed by atoms with Gasteiger partial charge >= 0.3 is 11.9 Å². The van der Waals surface area contributed by atoms with Gasteiger partial charge in [-0.1, -0.05) is 6.92 Å². The Kier molecular flexibility index (Phi) is 7.86. The molecule has 1 atom stereocenters. The summed E-state index contributed by atoms with van der Waals surface area (Å²) in [6.07, 6.45) is 0.773. The van der Waals surface area contributed by atoms with E-state index in [1.165, 1.54) is 0 Å². The normalized spacial score (nSPS) is 11.3. The molecule has 16 heavy (non-hydrogen) atoms. The molecule has 90 valence electrons. The first-order valence-corrected chi connectivity index (χ1v) is 5.31. The highest BCUT2D eigenvalue weighted by Gasteiger charge is 2.15. The van der Waals surface area contributed by atoms with Gasteiger partial charge in [0.1, 0.15) is 6.61 Å². The maximum absolute atomic E-state index is 11.2. The molecule has 0 aromatic rings. The van der Waals surface area contributed by atoms with Crippen LogP contribution in [-0.4, -0.2) is 25.2 Å². The summed E-state index contributed by atoms with van der Waals surface area (Å²) in [6.45, 7) is 3.90. The number of hydrogen-bond acceptors (Lipinski definition) is 5. The summed E-state index contributed by atoms with van der Waals surface area (Å²) < 4.78 is 9.56. The van der Waals surface area contributed by atoms with E-state index in [2.05, 4.69) is 0 Å². The molecule has 0 aliphatic rings. The van der Waals surface area contributed by atoms with Gasteiger partial charge in [0.05, 0.1) is 25.0 Å². The number of nitriles is 1.